The van der Waals surface area contributed by atoms with Gasteiger partial charge >= 0.3 is 7.67 Å². The van der Waals surface area contributed by atoms with Crippen molar-refractivity contribution < 1.29 is 9.09 Å². The summed E-state index contributed by atoms with van der Waals surface area (Å²) < 4.78 is 23.4. The van der Waals surface area contributed by atoms with E-state index in [2.05, 4.69) is 39.8 Å². The van der Waals surface area contributed by atoms with Gasteiger partial charge in [-0.25, -0.2) is 13.9 Å². The Hall–Kier alpha value is -1.35. The van der Waals surface area contributed by atoms with Crippen LogP contribution >= 0.6 is 7.67 Å². The lowest BCUT2D eigenvalue weighted by Gasteiger charge is -2.34. The largest absolute Gasteiger partial charge is 0.422 e. The van der Waals surface area contributed by atoms with Gasteiger partial charge < -0.3 is 4.52 Å². The Kier molecular flexibility index (Phi) is 9.20. The molecule has 25 heavy (non-hydrogen) atoms. The normalized spacial score (nSPS) is 11.5. The minimum Gasteiger partial charge on any atom is -0.422 e. The van der Waals surface area contributed by atoms with Gasteiger partial charge in [0.05, 0.1) is 0 Å². The second-order valence-corrected chi connectivity index (χ2v) is 9.33. The van der Waals surface area contributed by atoms with Crippen LogP contribution in [0.3, 0.4) is 0 Å². The molecule has 0 saturated carbocycles. The van der Waals surface area contributed by atoms with E-state index in [-0.39, 0.29) is 0 Å². The van der Waals surface area contributed by atoms with Crippen LogP contribution in [0.25, 0.3) is 0 Å². The van der Waals surface area contributed by atoms with Crippen LogP contribution in [0.15, 0.2) is 53.6 Å². The van der Waals surface area contributed by atoms with Crippen molar-refractivity contribution in [3.63, 3.8) is 0 Å². The molecule has 140 valence electrons. The molecule has 0 fully saturated rings. The van der Waals surface area contributed by atoms with Crippen molar-refractivity contribution in [2.45, 2.75) is 40.5 Å². The summed E-state index contributed by atoms with van der Waals surface area (Å²) in [6.07, 6.45) is 6.02. The van der Waals surface area contributed by atoms with Crippen LogP contribution in [0.5, 0.6) is 5.75 Å². The third-order valence-corrected chi connectivity index (χ3v) is 6.42. The average Bonchev–Trinajstić information content (AvgIpc) is 2.54. The van der Waals surface area contributed by atoms with Crippen LogP contribution in [-0.4, -0.2) is 36.5 Å². The van der Waals surface area contributed by atoms with Crippen molar-refractivity contribution in [3.05, 3.63) is 53.6 Å². The summed E-state index contributed by atoms with van der Waals surface area (Å²) in [5.41, 5.74) is 2.54. The second-order valence-electron chi connectivity index (χ2n) is 6.80. The van der Waals surface area contributed by atoms with Crippen LogP contribution in [0, 0.1) is 0 Å². The van der Waals surface area contributed by atoms with Gasteiger partial charge in [0.1, 0.15) is 5.75 Å². The van der Waals surface area contributed by atoms with Gasteiger partial charge in [0.25, 0.3) is 0 Å². The van der Waals surface area contributed by atoms with E-state index in [0.29, 0.717) is 18.8 Å². The molecule has 4 nitrogen and oxygen atoms in total. The molecule has 0 heterocycles. The topological polar surface area (TPSA) is 32.8 Å². The smallest absolute Gasteiger partial charge is 0.395 e. The first-order chi connectivity index (χ1) is 11.8. The number of rotatable bonds is 10. The number of para-hydroxylation sites is 1. The fourth-order valence-corrected chi connectivity index (χ4v) is 4.28. The molecule has 0 aliphatic rings. The van der Waals surface area contributed by atoms with Crippen molar-refractivity contribution in [3.8, 4) is 5.75 Å². The lowest BCUT2D eigenvalue weighted by atomic mass is 10.3. The number of benzene rings is 1. The molecule has 0 spiro atoms. The summed E-state index contributed by atoms with van der Waals surface area (Å²) in [6.45, 7) is 9.67. The van der Waals surface area contributed by atoms with Gasteiger partial charge in [-0.3, -0.25) is 0 Å². The summed E-state index contributed by atoms with van der Waals surface area (Å²) >= 11 is 0. The first-order valence-corrected chi connectivity index (χ1v) is 10.3. The molecular formula is C20H33N2O2P. The highest BCUT2D eigenvalue weighted by Crippen LogP contribution is 2.52. The highest BCUT2D eigenvalue weighted by atomic mass is 31.2. The number of allylic oxidation sites excluding steroid dienone is 2. The standard InChI is InChI=1S/C20H33N2O2P/c1-18(2)12-10-16-21(5)25(23,22(6)17-11-13-19(3)4)24-20-14-8-7-9-15-20/h7-9,12-15H,10-11,16-17H2,1-6H3. The molecule has 1 rings (SSSR count). The van der Waals surface area contributed by atoms with E-state index >= 15 is 0 Å². The Bertz CT molecular complexity index is 586. The number of hydrogen-bond acceptors (Lipinski definition) is 2. The maximum absolute atomic E-state index is 13.7. The zero-order chi connectivity index (χ0) is 18.9. The van der Waals surface area contributed by atoms with Crippen molar-refractivity contribution in [1.29, 1.82) is 0 Å². The van der Waals surface area contributed by atoms with Crippen molar-refractivity contribution in [1.82, 2.24) is 9.34 Å². The maximum atomic E-state index is 13.7. The van der Waals surface area contributed by atoms with E-state index in [4.69, 9.17) is 4.52 Å². The molecule has 0 aliphatic carbocycles. The van der Waals surface area contributed by atoms with E-state index in [9.17, 15) is 4.57 Å². The Morgan fingerprint density at radius 1 is 0.920 bits per heavy atom. The van der Waals surface area contributed by atoms with Crippen LogP contribution < -0.4 is 4.52 Å². The molecule has 0 saturated heterocycles. The molecule has 5 heteroatoms. The van der Waals surface area contributed by atoms with Crippen LogP contribution in [0.1, 0.15) is 40.5 Å². The molecule has 0 N–H and O–H groups in total. The van der Waals surface area contributed by atoms with Crippen LogP contribution in [0.4, 0.5) is 0 Å². The predicted octanol–water partition coefficient (Wildman–Crippen LogP) is 5.75. The van der Waals surface area contributed by atoms with Crippen LogP contribution in [0.2, 0.25) is 0 Å². The SMILES string of the molecule is CC(C)=CCCN(C)P(=O)(Oc1ccccc1)N(C)CCC=C(C)C. The molecule has 0 aromatic heterocycles. The highest BCUT2D eigenvalue weighted by molar-refractivity contribution is 7.54. The van der Waals surface area contributed by atoms with Gasteiger partial charge in [0, 0.05) is 13.1 Å². The number of hydrogen-bond donors (Lipinski definition) is 0. The van der Waals surface area contributed by atoms with Crippen molar-refractivity contribution in [2.24, 2.45) is 0 Å². The minimum absolute atomic E-state index is 0.633. The quantitative estimate of drug-likeness (QED) is 0.391. The van der Waals surface area contributed by atoms with E-state index < -0.39 is 7.67 Å². The number of nitrogens with zero attached hydrogens (tertiary/aromatic N) is 2. The van der Waals surface area contributed by atoms with E-state index in [1.807, 2.05) is 53.8 Å². The average molecular weight is 364 g/mol. The van der Waals surface area contributed by atoms with Gasteiger partial charge in [-0.05, 0) is 66.8 Å². The summed E-state index contributed by atoms with van der Waals surface area (Å²) in [4.78, 5) is 0. The summed E-state index contributed by atoms with van der Waals surface area (Å²) in [5, 5.41) is 0. The first kappa shape index (κ1) is 21.7. The van der Waals surface area contributed by atoms with E-state index in [1.54, 1.807) is 0 Å². The fourth-order valence-electron chi connectivity index (χ4n) is 2.35. The first-order valence-electron chi connectivity index (χ1n) is 8.80. The molecule has 0 aliphatic heterocycles. The Labute approximate surface area is 153 Å². The summed E-state index contributed by atoms with van der Waals surface area (Å²) in [5.74, 6) is 0.633. The molecule has 0 atom stereocenters. The Balaban J connectivity index is 2.93. The van der Waals surface area contributed by atoms with Gasteiger partial charge in [0.15, 0.2) is 0 Å². The summed E-state index contributed by atoms with van der Waals surface area (Å²) in [7, 11) is 0.615. The molecule has 0 radical (unpaired) electrons. The van der Waals surface area contributed by atoms with E-state index in [1.165, 1.54) is 11.1 Å². The highest BCUT2D eigenvalue weighted by Gasteiger charge is 2.35. The fraction of sp³-hybridized carbons (Fsp3) is 0.500. The molecule has 0 bridgehead atoms. The van der Waals surface area contributed by atoms with Gasteiger partial charge in [-0.15, -0.1) is 0 Å². The van der Waals surface area contributed by atoms with Crippen molar-refractivity contribution >= 4 is 7.67 Å². The zero-order valence-electron chi connectivity index (χ0n) is 16.5. The van der Waals surface area contributed by atoms with Crippen LogP contribution in [-0.2, 0) is 4.57 Å². The summed E-state index contributed by atoms with van der Waals surface area (Å²) in [6, 6.07) is 9.41. The third kappa shape index (κ3) is 7.60. The lowest BCUT2D eigenvalue weighted by molar-refractivity contribution is 0.316. The minimum atomic E-state index is -3.14. The lowest BCUT2D eigenvalue weighted by Crippen LogP contribution is -2.31. The Morgan fingerprint density at radius 2 is 1.36 bits per heavy atom. The molecule has 1 aromatic rings. The predicted molar refractivity (Wildman–Crippen MR) is 108 cm³/mol. The molecule has 0 amide bonds. The van der Waals surface area contributed by atoms with Gasteiger partial charge in [-0.2, -0.15) is 0 Å². The van der Waals surface area contributed by atoms with E-state index in [0.717, 1.165) is 12.8 Å². The second kappa shape index (κ2) is 10.6. The van der Waals surface area contributed by atoms with Gasteiger partial charge in [0.2, 0.25) is 0 Å². The Morgan fingerprint density at radius 3 is 1.76 bits per heavy atom. The van der Waals surface area contributed by atoms with Gasteiger partial charge in [-0.1, -0.05) is 41.5 Å². The zero-order valence-corrected chi connectivity index (χ0v) is 17.4. The monoisotopic (exact) mass is 364 g/mol. The molecule has 1 aromatic carbocycles. The third-order valence-electron chi connectivity index (χ3n) is 3.84. The maximum Gasteiger partial charge on any atom is 0.395 e. The molecule has 0 unspecified atom stereocenters. The van der Waals surface area contributed by atoms with Crippen molar-refractivity contribution in [2.75, 3.05) is 27.2 Å². The molecular weight excluding hydrogens is 331 g/mol.